The number of benzene rings is 1. The van der Waals surface area contributed by atoms with E-state index in [1.165, 1.54) is 0 Å². The molecule has 0 unspecified atom stereocenters. The molecule has 2 rings (SSSR count). The summed E-state index contributed by atoms with van der Waals surface area (Å²) in [6.45, 7) is 3.93. The number of methoxy groups -OCH3 is 1. The van der Waals surface area contributed by atoms with E-state index in [4.69, 9.17) is 4.74 Å². The van der Waals surface area contributed by atoms with Crippen LogP contribution in [-0.2, 0) is 0 Å². The topological polar surface area (TPSA) is 35.0 Å². The van der Waals surface area contributed by atoms with Crippen LogP contribution < -0.4 is 4.74 Å². The molecule has 0 amide bonds. The van der Waals surface area contributed by atoms with Crippen LogP contribution in [0.2, 0.25) is 0 Å². The van der Waals surface area contributed by atoms with Crippen molar-refractivity contribution in [3.8, 4) is 5.75 Å². The van der Waals surface area contributed by atoms with Gasteiger partial charge in [0, 0.05) is 6.07 Å². The fourth-order valence-electron chi connectivity index (χ4n) is 1.58. The van der Waals surface area contributed by atoms with E-state index < -0.39 is 0 Å². The van der Waals surface area contributed by atoms with Gasteiger partial charge in [0.05, 0.1) is 29.5 Å². The summed E-state index contributed by atoms with van der Waals surface area (Å²) in [6, 6.07) is 5.72. The smallest absolute Gasteiger partial charge is 0.121 e. The highest BCUT2D eigenvalue weighted by Crippen LogP contribution is 2.19. The maximum atomic E-state index is 5.17. The van der Waals surface area contributed by atoms with Gasteiger partial charge in [0.1, 0.15) is 5.75 Å². The van der Waals surface area contributed by atoms with Crippen LogP contribution in [0, 0.1) is 6.92 Å². The Kier molecular flexibility index (Phi) is 2.86. The third-order valence-electron chi connectivity index (χ3n) is 2.41. The summed E-state index contributed by atoms with van der Waals surface area (Å²) in [6.07, 6.45) is 3.92. The van der Waals surface area contributed by atoms with Gasteiger partial charge < -0.3 is 4.74 Å². The number of rotatable bonds is 2. The maximum absolute atomic E-state index is 5.17. The van der Waals surface area contributed by atoms with Crippen LogP contribution in [-0.4, -0.2) is 17.1 Å². The first-order valence-corrected chi connectivity index (χ1v) is 5.19. The molecule has 0 radical (unpaired) electrons. The number of ether oxygens (including phenoxy) is 1. The van der Waals surface area contributed by atoms with Gasteiger partial charge >= 0.3 is 0 Å². The Morgan fingerprint density at radius 2 is 2.00 bits per heavy atom. The molecular weight excluding hydrogens is 200 g/mol. The first-order valence-electron chi connectivity index (χ1n) is 5.19. The van der Waals surface area contributed by atoms with Gasteiger partial charge in [-0.15, -0.1) is 0 Å². The van der Waals surface area contributed by atoms with Crippen molar-refractivity contribution in [1.29, 1.82) is 0 Å². The largest absolute Gasteiger partial charge is 0.497 e. The fourth-order valence-corrected chi connectivity index (χ4v) is 1.58. The van der Waals surface area contributed by atoms with Crippen molar-refractivity contribution >= 4 is 17.1 Å². The van der Waals surface area contributed by atoms with Crippen LogP contribution in [0.4, 0.5) is 0 Å². The second-order valence-electron chi connectivity index (χ2n) is 3.55. The molecule has 0 saturated heterocycles. The Bertz CT molecular complexity index is 547. The van der Waals surface area contributed by atoms with Crippen molar-refractivity contribution in [1.82, 2.24) is 9.97 Å². The molecule has 0 saturated carbocycles. The van der Waals surface area contributed by atoms with Crippen molar-refractivity contribution in [2.24, 2.45) is 0 Å². The van der Waals surface area contributed by atoms with Gasteiger partial charge in [-0.05, 0) is 32.1 Å². The molecule has 3 nitrogen and oxygen atoms in total. The molecule has 1 aromatic carbocycles. The zero-order valence-corrected chi connectivity index (χ0v) is 9.69. The van der Waals surface area contributed by atoms with E-state index >= 15 is 0 Å². The molecule has 0 aliphatic rings. The van der Waals surface area contributed by atoms with Crippen molar-refractivity contribution < 1.29 is 4.74 Å². The van der Waals surface area contributed by atoms with E-state index in [0.717, 1.165) is 28.2 Å². The third kappa shape index (κ3) is 1.89. The second-order valence-corrected chi connectivity index (χ2v) is 3.55. The summed E-state index contributed by atoms with van der Waals surface area (Å²) in [5.41, 5.74) is 3.60. The third-order valence-corrected chi connectivity index (χ3v) is 2.41. The highest BCUT2D eigenvalue weighted by atomic mass is 16.5. The fraction of sp³-hybridized carbons (Fsp3) is 0.231. The maximum Gasteiger partial charge on any atom is 0.121 e. The SMILES string of the molecule is C/C=C/c1nc2cc(OC)ccc2nc1C. The van der Waals surface area contributed by atoms with Gasteiger partial charge in [0.2, 0.25) is 0 Å². The monoisotopic (exact) mass is 214 g/mol. The van der Waals surface area contributed by atoms with Crippen LogP contribution >= 0.6 is 0 Å². The van der Waals surface area contributed by atoms with Gasteiger partial charge in [0.25, 0.3) is 0 Å². The zero-order valence-electron chi connectivity index (χ0n) is 9.69. The van der Waals surface area contributed by atoms with Gasteiger partial charge in [-0.3, -0.25) is 0 Å². The number of hydrogen-bond acceptors (Lipinski definition) is 3. The van der Waals surface area contributed by atoms with Gasteiger partial charge in [-0.1, -0.05) is 6.08 Å². The van der Waals surface area contributed by atoms with Crippen LogP contribution in [0.5, 0.6) is 5.75 Å². The first kappa shape index (κ1) is 10.6. The lowest BCUT2D eigenvalue weighted by atomic mass is 10.2. The molecule has 1 aromatic heterocycles. The summed E-state index contributed by atoms with van der Waals surface area (Å²) >= 11 is 0. The van der Waals surface area contributed by atoms with Crippen molar-refractivity contribution in [2.45, 2.75) is 13.8 Å². The average molecular weight is 214 g/mol. The Morgan fingerprint density at radius 1 is 1.19 bits per heavy atom. The molecule has 2 aromatic rings. The van der Waals surface area contributed by atoms with E-state index in [-0.39, 0.29) is 0 Å². The molecule has 3 heteroatoms. The van der Waals surface area contributed by atoms with Gasteiger partial charge in [-0.2, -0.15) is 0 Å². The lowest BCUT2D eigenvalue weighted by Gasteiger charge is -2.04. The van der Waals surface area contributed by atoms with Gasteiger partial charge in [-0.25, -0.2) is 9.97 Å². The Hall–Kier alpha value is -1.90. The van der Waals surface area contributed by atoms with Crippen molar-refractivity contribution in [3.63, 3.8) is 0 Å². The van der Waals surface area contributed by atoms with Crippen LogP contribution in [0.3, 0.4) is 0 Å². The van der Waals surface area contributed by atoms with E-state index in [0.29, 0.717) is 0 Å². The number of hydrogen-bond donors (Lipinski definition) is 0. The quantitative estimate of drug-likeness (QED) is 0.770. The van der Waals surface area contributed by atoms with Crippen molar-refractivity contribution in [3.05, 3.63) is 35.7 Å². The molecular formula is C13H14N2O. The highest BCUT2D eigenvalue weighted by molar-refractivity contribution is 5.77. The van der Waals surface area contributed by atoms with E-state index in [9.17, 15) is 0 Å². The predicted octanol–water partition coefficient (Wildman–Crippen LogP) is 2.98. The summed E-state index contributed by atoms with van der Waals surface area (Å²) in [5.74, 6) is 0.803. The minimum absolute atomic E-state index is 0.803. The molecule has 0 aliphatic carbocycles. The minimum Gasteiger partial charge on any atom is -0.497 e. The predicted molar refractivity (Wildman–Crippen MR) is 65.5 cm³/mol. The molecule has 0 aliphatic heterocycles. The lowest BCUT2D eigenvalue weighted by molar-refractivity contribution is 0.415. The minimum atomic E-state index is 0.803. The number of aryl methyl sites for hydroxylation is 1. The van der Waals surface area contributed by atoms with Crippen LogP contribution in [0.25, 0.3) is 17.1 Å². The normalized spacial score (nSPS) is 11.2. The Balaban J connectivity index is 2.65. The standard InChI is InChI=1S/C13H14N2O/c1-4-5-11-9(2)14-12-7-6-10(16-3)8-13(12)15-11/h4-8H,1-3H3/b5-4+. The molecule has 82 valence electrons. The van der Waals surface area contributed by atoms with Crippen LogP contribution in [0.1, 0.15) is 18.3 Å². The summed E-state index contributed by atoms with van der Waals surface area (Å²) in [7, 11) is 1.65. The summed E-state index contributed by atoms with van der Waals surface area (Å²) in [5, 5.41) is 0. The van der Waals surface area contributed by atoms with Crippen molar-refractivity contribution in [2.75, 3.05) is 7.11 Å². The molecule has 0 spiro atoms. The molecule has 0 N–H and O–H groups in total. The Labute approximate surface area is 94.8 Å². The summed E-state index contributed by atoms with van der Waals surface area (Å²) < 4.78 is 5.17. The summed E-state index contributed by atoms with van der Waals surface area (Å²) in [4.78, 5) is 9.04. The lowest BCUT2D eigenvalue weighted by Crippen LogP contribution is -1.94. The highest BCUT2D eigenvalue weighted by Gasteiger charge is 2.03. The van der Waals surface area contributed by atoms with Crippen LogP contribution in [0.15, 0.2) is 24.3 Å². The van der Waals surface area contributed by atoms with E-state index in [2.05, 4.69) is 9.97 Å². The van der Waals surface area contributed by atoms with Gasteiger partial charge in [0.15, 0.2) is 0 Å². The molecule has 0 fully saturated rings. The molecule has 0 bridgehead atoms. The number of aromatic nitrogens is 2. The second kappa shape index (κ2) is 4.31. The molecule has 16 heavy (non-hydrogen) atoms. The van der Waals surface area contributed by atoms with E-state index in [1.54, 1.807) is 7.11 Å². The molecule has 0 atom stereocenters. The average Bonchev–Trinajstić information content (AvgIpc) is 2.30. The zero-order chi connectivity index (χ0) is 11.5. The van der Waals surface area contributed by atoms with E-state index in [1.807, 2.05) is 44.2 Å². The first-order chi connectivity index (χ1) is 7.74. The Morgan fingerprint density at radius 3 is 2.69 bits per heavy atom. The number of allylic oxidation sites excluding steroid dienone is 1. The number of nitrogens with zero attached hydrogens (tertiary/aromatic N) is 2. The molecule has 1 heterocycles. The number of fused-ring (bicyclic) bond motifs is 1.